The van der Waals surface area contributed by atoms with Crippen molar-refractivity contribution in [3.63, 3.8) is 0 Å². The highest BCUT2D eigenvalue weighted by Crippen LogP contribution is 2.18. The zero-order valence-corrected chi connectivity index (χ0v) is 13.6. The van der Waals surface area contributed by atoms with E-state index in [1.807, 2.05) is 63.2 Å². The summed E-state index contributed by atoms with van der Waals surface area (Å²) in [6.45, 7) is 7.77. The van der Waals surface area contributed by atoms with Gasteiger partial charge in [-0.15, -0.1) is 0 Å². The minimum Gasteiger partial charge on any atom is -0.481 e. The number of amides is 1. The molecule has 0 saturated carbocycles. The van der Waals surface area contributed by atoms with Gasteiger partial charge in [0.15, 0.2) is 6.10 Å². The molecule has 0 aliphatic rings. The number of benzene rings is 2. The van der Waals surface area contributed by atoms with E-state index in [1.54, 1.807) is 6.92 Å². The molecule has 2 atom stereocenters. The van der Waals surface area contributed by atoms with Crippen molar-refractivity contribution in [2.45, 2.75) is 39.8 Å². The molecule has 0 aliphatic carbocycles. The first-order chi connectivity index (χ1) is 10.5. The first-order valence-corrected chi connectivity index (χ1v) is 7.56. The van der Waals surface area contributed by atoms with Gasteiger partial charge in [-0.3, -0.25) is 4.79 Å². The topological polar surface area (TPSA) is 38.3 Å². The Balaban J connectivity index is 1.97. The largest absolute Gasteiger partial charge is 0.481 e. The molecule has 3 heteroatoms. The van der Waals surface area contributed by atoms with E-state index in [-0.39, 0.29) is 11.9 Å². The van der Waals surface area contributed by atoms with Gasteiger partial charge in [0.05, 0.1) is 6.04 Å². The van der Waals surface area contributed by atoms with Crippen LogP contribution in [-0.2, 0) is 4.79 Å². The third kappa shape index (κ3) is 4.35. The molecule has 0 aliphatic heterocycles. The second kappa shape index (κ2) is 7.12. The predicted molar refractivity (Wildman–Crippen MR) is 89.0 cm³/mol. The van der Waals surface area contributed by atoms with Crippen LogP contribution in [0.2, 0.25) is 0 Å². The van der Waals surface area contributed by atoms with Crippen LogP contribution in [-0.4, -0.2) is 12.0 Å². The zero-order valence-electron chi connectivity index (χ0n) is 13.6. The number of hydrogen-bond donors (Lipinski definition) is 1. The van der Waals surface area contributed by atoms with Crippen molar-refractivity contribution < 1.29 is 9.53 Å². The van der Waals surface area contributed by atoms with Crippen molar-refractivity contribution in [2.24, 2.45) is 0 Å². The molecule has 2 aromatic rings. The van der Waals surface area contributed by atoms with Gasteiger partial charge < -0.3 is 10.1 Å². The molecular weight excluding hydrogens is 274 g/mol. The Hall–Kier alpha value is -2.29. The smallest absolute Gasteiger partial charge is 0.261 e. The molecule has 1 N–H and O–H groups in total. The molecule has 0 radical (unpaired) electrons. The molecule has 0 fully saturated rings. The molecule has 2 rings (SSSR count). The van der Waals surface area contributed by atoms with Gasteiger partial charge in [-0.05, 0) is 56.5 Å². The number of hydrogen-bond acceptors (Lipinski definition) is 2. The fourth-order valence-corrected chi connectivity index (χ4v) is 2.41. The summed E-state index contributed by atoms with van der Waals surface area (Å²) in [7, 11) is 0. The molecule has 0 saturated heterocycles. The highest BCUT2D eigenvalue weighted by Gasteiger charge is 2.17. The lowest BCUT2D eigenvalue weighted by atomic mass is 10.1. The summed E-state index contributed by atoms with van der Waals surface area (Å²) in [5, 5.41) is 2.98. The fourth-order valence-electron chi connectivity index (χ4n) is 2.41. The van der Waals surface area contributed by atoms with Crippen LogP contribution in [0.3, 0.4) is 0 Å². The van der Waals surface area contributed by atoms with Gasteiger partial charge >= 0.3 is 0 Å². The van der Waals surface area contributed by atoms with Crippen LogP contribution in [0, 0.1) is 13.8 Å². The maximum atomic E-state index is 12.3. The van der Waals surface area contributed by atoms with Gasteiger partial charge in [-0.2, -0.15) is 0 Å². The molecule has 2 aromatic carbocycles. The zero-order chi connectivity index (χ0) is 16.1. The summed E-state index contributed by atoms with van der Waals surface area (Å²) in [5.74, 6) is 0.614. The van der Waals surface area contributed by atoms with E-state index in [2.05, 4.69) is 11.4 Å². The van der Waals surface area contributed by atoms with Gasteiger partial charge in [0.2, 0.25) is 0 Å². The molecule has 0 unspecified atom stereocenters. The molecule has 0 aromatic heterocycles. The second-order valence-corrected chi connectivity index (χ2v) is 5.72. The number of nitrogens with one attached hydrogen (secondary N) is 1. The Morgan fingerprint density at radius 3 is 2.18 bits per heavy atom. The van der Waals surface area contributed by atoms with E-state index in [9.17, 15) is 4.79 Å². The highest BCUT2D eigenvalue weighted by atomic mass is 16.5. The number of aryl methyl sites for hydroxylation is 2. The van der Waals surface area contributed by atoms with Gasteiger partial charge in [-0.1, -0.05) is 36.4 Å². The Bertz CT molecular complexity index is 617. The van der Waals surface area contributed by atoms with Crippen LogP contribution in [0.5, 0.6) is 5.75 Å². The Kier molecular flexibility index (Phi) is 5.21. The normalized spacial score (nSPS) is 13.3. The lowest BCUT2D eigenvalue weighted by Crippen LogP contribution is -2.37. The summed E-state index contributed by atoms with van der Waals surface area (Å²) in [5.41, 5.74) is 3.33. The minimum absolute atomic E-state index is 0.0426. The van der Waals surface area contributed by atoms with E-state index in [4.69, 9.17) is 4.74 Å². The third-order valence-electron chi connectivity index (χ3n) is 3.54. The number of carbonyl (C=O) groups is 1. The first-order valence-electron chi connectivity index (χ1n) is 7.56. The van der Waals surface area contributed by atoms with E-state index >= 15 is 0 Å². The van der Waals surface area contributed by atoms with Crippen LogP contribution in [0.1, 0.15) is 36.6 Å². The van der Waals surface area contributed by atoms with E-state index < -0.39 is 6.10 Å². The lowest BCUT2D eigenvalue weighted by molar-refractivity contribution is -0.127. The van der Waals surface area contributed by atoms with Crippen LogP contribution in [0.4, 0.5) is 0 Å². The minimum atomic E-state index is -0.535. The maximum absolute atomic E-state index is 12.3. The van der Waals surface area contributed by atoms with Crippen molar-refractivity contribution in [3.8, 4) is 5.75 Å². The molecule has 116 valence electrons. The maximum Gasteiger partial charge on any atom is 0.261 e. The summed E-state index contributed by atoms with van der Waals surface area (Å²) < 4.78 is 5.76. The lowest BCUT2D eigenvalue weighted by Gasteiger charge is -2.19. The van der Waals surface area contributed by atoms with Gasteiger partial charge in [0, 0.05) is 0 Å². The highest BCUT2D eigenvalue weighted by molar-refractivity contribution is 5.81. The van der Waals surface area contributed by atoms with Gasteiger partial charge in [-0.25, -0.2) is 0 Å². The van der Waals surface area contributed by atoms with E-state index in [0.717, 1.165) is 22.4 Å². The number of carbonyl (C=O) groups excluding carboxylic acids is 1. The SMILES string of the molecule is Cc1cc(C)cc(O[C@@H](C)C(=O)N[C@@H](C)c2ccccc2)c1. The number of ether oxygens (including phenoxy) is 1. The van der Waals surface area contributed by atoms with Crippen molar-refractivity contribution in [3.05, 3.63) is 65.2 Å². The van der Waals surface area contributed by atoms with Crippen molar-refractivity contribution in [1.82, 2.24) is 5.32 Å². The molecule has 22 heavy (non-hydrogen) atoms. The van der Waals surface area contributed by atoms with Gasteiger partial charge in [0.1, 0.15) is 5.75 Å². The van der Waals surface area contributed by atoms with E-state index in [0.29, 0.717) is 0 Å². The van der Waals surface area contributed by atoms with Crippen molar-refractivity contribution >= 4 is 5.91 Å². The molecule has 3 nitrogen and oxygen atoms in total. The Labute approximate surface area is 132 Å². The average Bonchev–Trinajstić information content (AvgIpc) is 2.46. The Morgan fingerprint density at radius 2 is 1.59 bits per heavy atom. The van der Waals surface area contributed by atoms with Crippen LogP contribution < -0.4 is 10.1 Å². The van der Waals surface area contributed by atoms with Crippen LogP contribution >= 0.6 is 0 Å². The first kappa shape index (κ1) is 16.1. The second-order valence-electron chi connectivity index (χ2n) is 5.72. The predicted octanol–water partition coefficient (Wildman–Crippen LogP) is 3.95. The summed E-state index contributed by atoms with van der Waals surface area (Å²) in [6.07, 6.45) is -0.535. The standard InChI is InChI=1S/C19H23NO2/c1-13-10-14(2)12-18(11-13)22-16(4)19(21)20-15(3)17-8-6-5-7-9-17/h5-12,15-16H,1-4H3,(H,20,21)/t15-,16-/m0/s1. The van der Waals surface area contributed by atoms with Crippen molar-refractivity contribution in [1.29, 1.82) is 0 Å². The van der Waals surface area contributed by atoms with Crippen LogP contribution in [0.25, 0.3) is 0 Å². The molecule has 0 spiro atoms. The molecule has 0 heterocycles. The molecule has 0 bridgehead atoms. The molecule has 1 amide bonds. The monoisotopic (exact) mass is 297 g/mol. The summed E-state index contributed by atoms with van der Waals surface area (Å²) >= 11 is 0. The number of rotatable bonds is 5. The summed E-state index contributed by atoms with van der Waals surface area (Å²) in [6, 6.07) is 15.8. The quantitative estimate of drug-likeness (QED) is 0.907. The third-order valence-corrected chi connectivity index (χ3v) is 3.54. The van der Waals surface area contributed by atoms with E-state index in [1.165, 1.54) is 0 Å². The summed E-state index contributed by atoms with van der Waals surface area (Å²) in [4.78, 5) is 12.3. The van der Waals surface area contributed by atoms with Gasteiger partial charge in [0.25, 0.3) is 5.91 Å². The Morgan fingerprint density at radius 1 is 1.00 bits per heavy atom. The average molecular weight is 297 g/mol. The fraction of sp³-hybridized carbons (Fsp3) is 0.316. The molecular formula is C19H23NO2. The van der Waals surface area contributed by atoms with Crippen LogP contribution in [0.15, 0.2) is 48.5 Å². The van der Waals surface area contributed by atoms with Crippen molar-refractivity contribution in [2.75, 3.05) is 0 Å².